The van der Waals surface area contributed by atoms with E-state index in [1.807, 2.05) is 58.0 Å². The summed E-state index contributed by atoms with van der Waals surface area (Å²) in [5, 5.41) is 2.45. The standard InChI is InChI=1S/C23H26N4OS/c1-14(2)13-27(23(24)29)26-22(28)19-12-21(18-11-15(3)9-10-16(18)4)25-20-8-6-5-7-17(19)20/h5-12,14H,13H2,1-4H3,(H2,24,29)(H,26,28). The lowest BCUT2D eigenvalue weighted by Crippen LogP contribution is -2.50. The van der Waals surface area contributed by atoms with Crippen molar-refractivity contribution in [3.05, 3.63) is 65.2 Å². The molecule has 1 heterocycles. The predicted octanol–water partition coefficient (Wildman–Crippen LogP) is 4.37. The minimum absolute atomic E-state index is 0.139. The van der Waals surface area contributed by atoms with Crippen molar-refractivity contribution in [1.82, 2.24) is 15.4 Å². The molecule has 0 aliphatic rings. The minimum Gasteiger partial charge on any atom is -0.375 e. The number of aromatic nitrogens is 1. The number of nitrogens with one attached hydrogen (secondary N) is 1. The highest BCUT2D eigenvalue weighted by molar-refractivity contribution is 7.80. The number of rotatable bonds is 4. The fourth-order valence-electron chi connectivity index (χ4n) is 3.25. The number of nitrogens with two attached hydrogens (primary N) is 1. The number of fused-ring (bicyclic) bond motifs is 1. The summed E-state index contributed by atoms with van der Waals surface area (Å²) < 4.78 is 0. The third-order valence-electron chi connectivity index (χ3n) is 4.68. The summed E-state index contributed by atoms with van der Waals surface area (Å²) in [6.07, 6.45) is 0. The lowest BCUT2D eigenvalue weighted by atomic mass is 9.99. The molecule has 0 saturated heterocycles. The van der Waals surface area contributed by atoms with Crippen molar-refractivity contribution >= 4 is 34.1 Å². The van der Waals surface area contributed by atoms with Gasteiger partial charge in [-0.05, 0) is 55.7 Å². The smallest absolute Gasteiger partial charge is 0.270 e. The Morgan fingerprint density at radius 3 is 2.59 bits per heavy atom. The molecule has 0 fully saturated rings. The number of aryl methyl sites for hydroxylation is 2. The number of benzene rings is 2. The molecule has 1 amide bonds. The van der Waals surface area contributed by atoms with Gasteiger partial charge in [0.15, 0.2) is 5.11 Å². The molecule has 29 heavy (non-hydrogen) atoms. The van der Waals surface area contributed by atoms with E-state index in [1.54, 1.807) is 0 Å². The summed E-state index contributed by atoms with van der Waals surface area (Å²) in [6, 6.07) is 15.7. The Labute approximate surface area is 176 Å². The van der Waals surface area contributed by atoms with Gasteiger partial charge in [-0.15, -0.1) is 0 Å². The summed E-state index contributed by atoms with van der Waals surface area (Å²) in [6.45, 7) is 8.70. The van der Waals surface area contributed by atoms with Gasteiger partial charge in [-0.25, -0.2) is 4.98 Å². The second-order valence-electron chi connectivity index (χ2n) is 7.67. The molecule has 0 unspecified atom stereocenters. The van der Waals surface area contributed by atoms with E-state index in [1.165, 1.54) is 5.01 Å². The Kier molecular flexibility index (Phi) is 6.13. The second-order valence-corrected chi connectivity index (χ2v) is 8.09. The molecule has 2 aromatic carbocycles. The Bertz CT molecular complexity index is 1080. The van der Waals surface area contributed by atoms with E-state index in [-0.39, 0.29) is 16.9 Å². The summed E-state index contributed by atoms with van der Waals surface area (Å²) in [5.74, 6) is 0.0279. The second kappa shape index (κ2) is 8.57. The summed E-state index contributed by atoms with van der Waals surface area (Å²) in [4.78, 5) is 18.0. The SMILES string of the molecule is Cc1ccc(C)c(-c2cc(C(=O)NN(CC(C)C)C(N)=S)c3ccccc3n2)c1. The van der Waals surface area contributed by atoms with Gasteiger partial charge >= 0.3 is 0 Å². The van der Waals surface area contributed by atoms with Crippen LogP contribution in [0.3, 0.4) is 0 Å². The number of hydrogen-bond donors (Lipinski definition) is 2. The first-order valence-corrected chi connectivity index (χ1v) is 10.0. The third kappa shape index (κ3) is 4.71. The molecule has 0 aliphatic heterocycles. The van der Waals surface area contributed by atoms with Gasteiger partial charge in [0, 0.05) is 17.5 Å². The molecule has 0 bridgehead atoms. The van der Waals surface area contributed by atoms with E-state index in [2.05, 4.69) is 23.6 Å². The zero-order chi connectivity index (χ0) is 21.1. The monoisotopic (exact) mass is 406 g/mol. The number of thiocarbonyl (C=S) groups is 1. The molecule has 5 nitrogen and oxygen atoms in total. The molecule has 0 atom stereocenters. The van der Waals surface area contributed by atoms with Crippen LogP contribution >= 0.6 is 12.2 Å². The number of hydrazine groups is 1. The quantitative estimate of drug-likeness (QED) is 0.497. The molecule has 3 aromatic rings. The lowest BCUT2D eigenvalue weighted by molar-refractivity contribution is 0.0864. The van der Waals surface area contributed by atoms with E-state index in [9.17, 15) is 4.79 Å². The van der Waals surface area contributed by atoms with Gasteiger partial charge in [0.1, 0.15) is 0 Å². The zero-order valence-corrected chi connectivity index (χ0v) is 18.0. The number of carbonyl (C=O) groups excluding carboxylic acids is 1. The highest BCUT2D eigenvalue weighted by Gasteiger charge is 2.18. The Morgan fingerprint density at radius 1 is 1.17 bits per heavy atom. The molecule has 0 radical (unpaired) electrons. The van der Waals surface area contributed by atoms with Crippen molar-refractivity contribution in [3.63, 3.8) is 0 Å². The van der Waals surface area contributed by atoms with E-state index >= 15 is 0 Å². The van der Waals surface area contributed by atoms with Crippen LogP contribution in [0.15, 0.2) is 48.5 Å². The summed E-state index contributed by atoms with van der Waals surface area (Å²) >= 11 is 5.11. The molecule has 150 valence electrons. The van der Waals surface area contributed by atoms with Crippen LogP contribution in [-0.2, 0) is 0 Å². The van der Waals surface area contributed by atoms with Crippen molar-refractivity contribution < 1.29 is 4.79 Å². The van der Waals surface area contributed by atoms with Gasteiger partial charge < -0.3 is 5.73 Å². The van der Waals surface area contributed by atoms with Crippen molar-refractivity contribution in [2.45, 2.75) is 27.7 Å². The number of amides is 1. The molecular weight excluding hydrogens is 380 g/mol. The van der Waals surface area contributed by atoms with Gasteiger partial charge in [-0.2, -0.15) is 0 Å². The summed E-state index contributed by atoms with van der Waals surface area (Å²) in [5.41, 5.74) is 14.0. The lowest BCUT2D eigenvalue weighted by Gasteiger charge is -2.25. The van der Waals surface area contributed by atoms with Crippen LogP contribution in [0.4, 0.5) is 0 Å². The molecule has 3 N–H and O–H groups in total. The van der Waals surface area contributed by atoms with Crippen molar-refractivity contribution in [2.24, 2.45) is 11.7 Å². The normalized spacial score (nSPS) is 10.9. The van der Waals surface area contributed by atoms with Crippen molar-refractivity contribution in [1.29, 1.82) is 0 Å². The number of carbonyl (C=O) groups is 1. The molecular formula is C23H26N4OS. The van der Waals surface area contributed by atoms with Crippen LogP contribution in [0.5, 0.6) is 0 Å². The largest absolute Gasteiger partial charge is 0.375 e. The Hall–Kier alpha value is -2.99. The van der Waals surface area contributed by atoms with Crippen molar-refractivity contribution in [3.8, 4) is 11.3 Å². The van der Waals surface area contributed by atoms with Crippen LogP contribution < -0.4 is 11.2 Å². The highest BCUT2D eigenvalue weighted by atomic mass is 32.1. The third-order valence-corrected chi connectivity index (χ3v) is 4.90. The molecule has 0 saturated carbocycles. The van der Waals surface area contributed by atoms with Gasteiger partial charge in [0.2, 0.25) is 0 Å². The fraction of sp³-hybridized carbons (Fsp3) is 0.261. The first kappa shape index (κ1) is 20.7. The van der Waals surface area contributed by atoms with Crippen molar-refractivity contribution in [2.75, 3.05) is 6.54 Å². The molecule has 0 aliphatic carbocycles. The zero-order valence-electron chi connectivity index (χ0n) is 17.2. The maximum absolute atomic E-state index is 13.2. The highest BCUT2D eigenvalue weighted by Crippen LogP contribution is 2.28. The van der Waals surface area contributed by atoms with Gasteiger partial charge in [0.25, 0.3) is 5.91 Å². The first-order valence-electron chi connectivity index (χ1n) is 9.61. The number of hydrogen-bond acceptors (Lipinski definition) is 3. The van der Waals surface area contributed by atoms with Crippen LogP contribution in [0.25, 0.3) is 22.2 Å². The number of pyridine rings is 1. The number of para-hydroxylation sites is 1. The average Bonchev–Trinajstić information content (AvgIpc) is 2.68. The van der Waals surface area contributed by atoms with Gasteiger partial charge in [-0.1, -0.05) is 49.7 Å². The van der Waals surface area contributed by atoms with E-state index in [4.69, 9.17) is 22.9 Å². The molecule has 0 spiro atoms. The van der Waals surface area contributed by atoms with E-state index in [0.29, 0.717) is 12.1 Å². The van der Waals surface area contributed by atoms with Crippen LogP contribution in [0, 0.1) is 19.8 Å². The Balaban J connectivity index is 2.10. The van der Waals surface area contributed by atoms with E-state index < -0.39 is 0 Å². The number of nitrogens with zero attached hydrogens (tertiary/aromatic N) is 2. The van der Waals surface area contributed by atoms with Gasteiger partial charge in [0.05, 0.1) is 16.8 Å². The Morgan fingerprint density at radius 2 is 1.90 bits per heavy atom. The van der Waals surface area contributed by atoms with Crippen LogP contribution in [0.2, 0.25) is 0 Å². The van der Waals surface area contributed by atoms with Crippen LogP contribution in [-0.4, -0.2) is 27.6 Å². The fourth-order valence-corrected chi connectivity index (χ4v) is 3.37. The maximum atomic E-state index is 13.2. The van der Waals surface area contributed by atoms with Crippen LogP contribution in [0.1, 0.15) is 35.3 Å². The summed E-state index contributed by atoms with van der Waals surface area (Å²) in [7, 11) is 0. The molecule has 1 aromatic heterocycles. The molecule has 6 heteroatoms. The van der Waals surface area contributed by atoms with Gasteiger partial charge in [-0.3, -0.25) is 15.2 Å². The maximum Gasteiger partial charge on any atom is 0.270 e. The topological polar surface area (TPSA) is 71.2 Å². The average molecular weight is 407 g/mol. The first-order chi connectivity index (χ1) is 13.8. The van der Waals surface area contributed by atoms with E-state index in [0.717, 1.165) is 33.3 Å². The predicted molar refractivity (Wildman–Crippen MR) is 122 cm³/mol. The minimum atomic E-state index is -0.261. The molecule has 3 rings (SSSR count).